The minimum atomic E-state index is 0.102. The van der Waals surface area contributed by atoms with Gasteiger partial charge in [-0.25, -0.2) is 0 Å². The predicted octanol–water partition coefficient (Wildman–Crippen LogP) is 10.6. The first kappa shape index (κ1) is 37.6. The molecular formula is C36H59NO2S2. The van der Waals surface area contributed by atoms with Crippen molar-refractivity contribution in [2.24, 2.45) is 11.3 Å². The van der Waals surface area contributed by atoms with E-state index in [0.29, 0.717) is 11.5 Å². The molecule has 3 nitrogen and oxygen atoms in total. The van der Waals surface area contributed by atoms with Crippen molar-refractivity contribution < 1.29 is 9.53 Å². The number of hydrogen-bond acceptors (Lipinski definition) is 5. The molecule has 0 saturated carbocycles. The summed E-state index contributed by atoms with van der Waals surface area (Å²) in [5, 5.41) is 3.32. The number of ether oxygens (including phenoxy) is 1. The van der Waals surface area contributed by atoms with E-state index in [1.54, 1.807) is 23.6 Å². The quantitative estimate of drug-likeness (QED) is 0.104. The Balaban J connectivity index is 0.000000375. The Morgan fingerprint density at radius 1 is 1.00 bits per heavy atom. The first-order valence-electron chi connectivity index (χ1n) is 16.0. The van der Waals surface area contributed by atoms with Gasteiger partial charge in [-0.1, -0.05) is 72.6 Å². The van der Waals surface area contributed by atoms with Gasteiger partial charge in [-0.3, -0.25) is 4.79 Å². The maximum Gasteiger partial charge on any atom is 0.159 e. The molecule has 1 aliphatic carbocycles. The van der Waals surface area contributed by atoms with E-state index in [1.807, 2.05) is 38.1 Å². The van der Waals surface area contributed by atoms with E-state index in [4.69, 9.17) is 4.74 Å². The number of fused-ring (bicyclic) bond motifs is 1. The lowest BCUT2D eigenvalue weighted by atomic mass is 9.82. The molecule has 4 rings (SSSR count). The molecular weight excluding hydrogens is 543 g/mol. The average Bonchev–Trinajstić information content (AvgIpc) is 3.51. The molecule has 2 aromatic carbocycles. The number of ketones is 1. The summed E-state index contributed by atoms with van der Waals surface area (Å²) in [5.41, 5.74) is 7.15. The summed E-state index contributed by atoms with van der Waals surface area (Å²) in [7, 11) is 0. The largest absolute Gasteiger partial charge is 0.382 e. The van der Waals surface area contributed by atoms with Crippen LogP contribution in [0.3, 0.4) is 0 Å². The lowest BCUT2D eigenvalue weighted by molar-refractivity contribution is 0.101. The molecule has 1 saturated heterocycles. The number of carbonyl (C=O) groups is 1. The van der Waals surface area contributed by atoms with Gasteiger partial charge < -0.3 is 10.1 Å². The van der Waals surface area contributed by atoms with Crippen molar-refractivity contribution in [2.75, 3.05) is 18.5 Å². The third-order valence-corrected chi connectivity index (χ3v) is 8.09. The van der Waals surface area contributed by atoms with Crippen LogP contribution >= 0.6 is 23.3 Å². The Morgan fingerprint density at radius 2 is 1.71 bits per heavy atom. The van der Waals surface area contributed by atoms with Crippen LogP contribution in [0.5, 0.6) is 0 Å². The molecule has 2 atom stereocenters. The van der Waals surface area contributed by atoms with Crippen molar-refractivity contribution in [1.82, 2.24) is 0 Å². The molecule has 0 bridgehead atoms. The van der Waals surface area contributed by atoms with Crippen LogP contribution in [0.25, 0.3) is 0 Å². The second kappa shape index (κ2) is 21.3. The highest BCUT2D eigenvalue weighted by Crippen LogP contribution is 2.30. The van der Waals surface area contributed by atoms with Crippen LogP contribution in [0, 0.1) is 11.3 Å². The van der Waals surface area contributed by atoms with Gasteiger partial charge in [-0.15, -0.1) is 23.3 Å². The molecule has 0 amide bonds. The number of unbranched alkanes of at least 4 members (excludes halogenated alkanes) is 1. The fourth-order valence-corrected chi connectivity index (χ4v) is 5.74. The fraction of sp³-hybridized carbons (Fsp3) is 0.639. The molecule has 1 aliphatic heterocycles. The molecule has 1 fully saturated rings. The van der Waals surface area contributed by atoms with Crippen LogP contribution in [-0.4, -0.2) is 25.0 Å². The lowest BCUT2D eigenvalue weighted by Crippen LogP contribution is -2.18. The van der Waals surface area contributed by atoms with Gasteiger partial charge in [0.1, 0.15) is 0 Å². The van der Waals surface area contributed by atoms with Crippen LogP contribution in [0.1, 0.15) is 127 Å². The van der Waals surface area contributed by atoms with E-state index in [1.165, 1.54) is 57.8 Å². The zero-order chi connectivity index (χ0) is 30.7. The fourth-order valence-electron chi connectivity index (χ4n) is 5.74. The van der Waals surface area contributed by atoms with Crippen molar-refractivity contribution in [2.45, 2.75) is 125 Å². The number of aryl methyl sites for hydroxylation is 2. The summed E-state index contributed by atoms with van der Waals surface area (Å²) >= 11 is 6.44. The third kappa shape index (κ3) is 15.0. The van der Waals surface area contributed by atoms with Crippen molar-refractivity contribution in [3.63, 3.8) is 0 Å². The van der Waals surface area contributed by atoms with Gasteiger partial charge in [0.15, 0.2) is 5.78 Å². The smallest absolute Gasteiger partial charge is 0.159 e. The highest BCUT2D eigenvalue weighted by Gasteiger charge is 2.17. The summed E-state index contributed by atoms with van der Waals surface area (Å²) in [4.78, 5) is 11.1. The van der Waals surface area contributed by atoms with Crippen molar-refractivity contribution in [3.8, 4) is 0 Å². The molecule has 0 spiro atoms. The Hall–Kier alpha value is -1.43. The van der Waals surface area contributed by atoms with Gasteiger partial charge in [-0.2, -0.15) is 0 Å². The van der Waals surface area contributed by atoms with E-state index in [9.17, 15) is 4.79 Å². The standard InChI is InChI=1S/C21H34.C13H17NO2.C2H6.H2S2/c1-5-13-21(3,4)14-7-6-8-18-10-12-19-15-17(2)9-11-20(19)16-18;1-10(15)11-4-6-12(7-5-11)14-9-13-3-2-8-16-13;2*1-2/h10,12,16-17H,5-9,11,13-15H2,1-4H3;4-7,13-14H,2-3,8-9H2,1H3;1-2H3;1-2H. The summed E-state index contributed by atoms with van der Waals surface area (Å²) in [5.74, 6) is 0.981. The van der Waals surface area contributed by atoms with Crippen LogP contribution in [-0.2, 0) is 24.0 Å². The molecule has 0 radical (unpaired) electrons. The number of rotatable bonds is 11. The average molecular weight is 602 g/mol. The van der Waals surface area contributed by atoms with Gasteiger partial charge in [-0.05, 0) is 117 Å². The number of benzene rings is 2. The Morgan fingerprint density at radius 3 is 2.32 bits per heavy atom. The summed E-state index contributed by atoms with van der Waals surface area (Å²) < 4.78 is 5.52. The molecule has 5 heteroatoms. The summed E-state index contributed by atoms with van der Waals surface area (Å²) in [6, 6.07) is 14.9. The molecule has 2 aliphatic rings. The van der Waals surface area contributed by atoms with Gasteiger partial charge in [0.25, 0.3) is 0 Å². The number of nitrogens with one attached hydrogen (secondary N) is 1. The molecule has 1 heterocycles. The van der Waals surface area contributed by atoms with Crippen LogP contribution < -0.4 is 5.32 Å². The van der Waals surface area contributed by atoms with Crippen LogP contribution in [0.2, 0.25) is 0 Å². The number of anilines is 1. The number of carbonyl (C=O) groups excluding carboxylic acids is 1. The molecule has 2 aromatic rings. The normalized spacial score (nSPS) is 17.5. The SMILES string of the molecule is CC.CC(=O)c1ccc(NCC2CCCO2)cc1.CCCC(C)(C)CCCCc1ccc2c(c1)CCC(C)C2.SS. The predicted molar refractivity (Wildman–Crippen MR) is 187 cm³/mol. The Kier molecular flexibility index (Phi) is 19.5. The van der Waals surface area contributed by atoms with Crippen LogP contribution in [0.15, 0.2) is 42.5 Å². The first-order valence-corrected chi connectivity index (χ1v) is 17.6. The zero-order valence-corrected chi connectivity index (χ0v) is 28.9. The topological polar surface area (TPSA) is 38.3 Å². The highest BCUT2D eigenvalue weighted by molar-refractivity contribution is 8.59. The van der Waals surface area contributed by atoms with E-state index in [-0.39, 0.29) is 5.78 Å². The minimum Gasteiger partial charge on any atom is -0.382 e. The maximum atomic E-state index is 11.1. The second-order valence-electron chi connectivity index (χ2n) is 12.2. The molecule has 41 heavy (non-hydrogen) atoms. The van der Waals surface area contributed by atoms with E-state index in [2.05, 4.69) is 74.5 Å². The Bertz CT molecular complexity index is 968. The maximum absolute atomic E-state index is 11.1. The van der Waals surface area contributed by atoms with E-state index in [0.717, 1.165) is 43.2 Å². The van der Waals surface area contributed by atoms with Gasteiger partial charge >= 0.3 is 0 Å². The molecule has 2 unspecified atom stereocenters. The number of thiol groups is 2. The van der Waals surface area contributed by atoms with Gasteiger partial charge in [0.2, 0.25) is 0 Å². The van der Waals surface area contributed by atoms with E-state index < -0.39 is 0 Å². The summed E-state index contributed by atoms with van der Waals surface area (Å²) in [6.45, 7) is 16.8. The van der Waals surface area contributed by atoms with Gasteiger partial charge in [0.05, 0.1) is 6.10 Å². The number of Topliss-reactive ketones (excluding diaryl/α,β-unsaturated/α-hetero) is 1. The minimum absolute atomic E-state index is 0.102. The van der Waals surface area contributed by atoms with Crippen molar-refractivity contribution in [1.29, 1.82) is 0 Å². The summed E-state index contributed by atoms with van der Waals surface area (Å²) in [6.07, 6.45) is 14.7. The molecule has 232 valence electrons. The van der Waals surface area contributed by atoms with Gasteiger partial charge in [0, 0.05) is 24.4 Å². The molecule has 1 N–H and O–H groups in total. The first-order chi connectivity index (χ1) is 19.8. The Labute approximate surface area is 263 Å². The van der Waals surface area contributed by atoms with E-state index >= 15 is 0 Å². The van der Waals surface area contributed by atoms with Crippen molar-refractivity contribution in [3.05, 3.63) is 64.7 Å². The second-order valence-corrected chi connectivity index (χ2v) is 12.2. The molecule has 0 aromatic heterocycles. The third-order valence-electron chi connectivity index (χ3n) is 8.09. The van der Waals surface area contributed by atoms with Crippen molar-refractivity contribution >= 4 is 34.8 Å². The lowest BCUT2D eigenvalue weighted by Gasteiger charge is -2.24. The monoisotopic (exact) mass is 601 g/mol. The number of hydrogen-bond donors (Lipinski definition) is 3. The highest BCUT2D eigenvalue weighted by atomic mass is 33.1. The van der Waals surface area contributed by atoms with Crippen LogP contribution in [0.4, 0.5) is 5.69 Å². The zero-order valence-electron chi connectivity index (χ0n) is 27.1.